The van der Waals surface area contributed by atoms with Crippen molar-refractivity contribution >= 4 is 0 Å². The molecule has 0 radical (unpaired) electrons. The fourth-order valence-corrected chi connectivity index (χ4v) is 5.70. The van der Waals surface area contributed by atoms with Crippen molar-refractivity contribution in [2.45, 2.75) is 109 Å². The molecule has 0 amide bonds. The number of fused-ring (bicyclic) bond motifs is 2. The molecule has 2 aliphatic heterocycles. The van der Waals surface area contributed by atoms with Crippen LogP contribution >= 0.6 is 0 Å². The normalized spacial score (nSPS) is 36.4. The lowest BCUT2D eigenvalue weighted by atomic mass is 9.89. The van der Waals surface area contributed by atoms with E-state index in [1.165, 1.54) is 25.7 Å². The van der Waals surface area contributed by atoms with Crippen molar-refractivity contribution in [1.82, 2.24) is 0 Å². The van der Waals surface area contributed by atoms with Gasteiger partial charge in [0.05, 0.1) is 50.3 Å². The van der Waals surface area contributed by atoms with Crippen molar-refractivity contribution in [2.24, 2.45) is 23.2 Å². The van der Waals surface area contributed by atoms with Gasteiger partial charge in [-0.2, -0.15) is 0 Å². The van der Waals surface area contributed by atoms with Crippen LogP contribution in [0, 0.1) is 23.2 Å². The molecule has 0 aromatic heterocycles. The highest BCUT2D eigenvalue weighted by Gasteiger charge is 2.44. The summed E-state index contributed by atoms with van der Waals surface area (Å²) in [6, 6.07) is 0. The minimum absolute atomic E-state index is 0.150. The van der Waals surface area contributed by atoms with Gasteiger partial charge in [0.2, 0.25) is 0 Å². The summed E-state index contributed by atoms with van der Waals surface area (Å²) in [5.74, 6) is 1.74. The Bertz CT molecular complexity index is 549. The first kappa shape index (κ1) is 25.8. The molecule has 1 N–H and O–H groups in total. The van der Waals surface area contributed by atoms with Crippen LogP contribution in [0.2, 0.25) is 0 Å². The quantitative estimate of drug-likeness (QED) is 0.339. The molecule has 4 fully saturated rings. The Balaban J connectivity index is 1.19. The van der Waals surface area contributed by atoms with Gasteiger partial charge in [-0.15, -0.1) is 0 Å². The highest BCUT2D eigenvalue weighted by molar-refractivity contribution is 4.92. The van der Waals surface area contributed by atoms with E-state index < -0.39 is 0 Å². The molecule has 2 aliphatic carbocycles. The highest BCUT2D eigenvalue weighted by atomic mass is 16.6. The van der Waals surface area contributed by atoms with Crippen LogP contribution < -0.4 is 0 Å². The molecule has 4 aliphatic rings. The average Bonchev–Trinajstić information content (AvgIpc) is 3.70. The maximum absolute atomic E-state index is 9.61. The summed E-state index contributed by atoms with van der Waals surface area (Å²) in [5.41, 5.74) is -0.150. The van der Waals surface area contributed by atoms with E-state index in [-0.39, 0.29) is 11.5 Å². The van der Waals surface area contributed by atoms with Crippen molar-refractivity contribution in [1.29, 1.82) is 0 Å². The van der Waals surface area contributed by atoms with E-state index in [0.717, 1.165) is 51.9 Å². The second-order valence-electron chi connectivity index (χ2n) is 11.8. The van der Waals surface area contributed by atoms with Crippen LogP contribution in [0.1, 0.15) is 78.6 Å². The van der Waals surface area contributed by atoms with Crippen molar-refractivity contribution in [3.05, 3.63) is 0 Å². The molecule has 2 saturated heterocycles. The summed E-state index contributed by atoms with van der Waals surface area (Å²) >= 11 is 0. The van der Waals surface area contributed by atoms with Gasteiger partial charge in [0, 0.05) is 25.2 Å². The summed E-state index contributed by atoms with van der Waals surface area (Å²) in [4.78, 5) is 0. The van der Waals surface area contributed by atoms with Crippen LogP contribution in [-0.4, -0.2) is 75.3 Å². The van der Waals surface area contributed by atoms with Crippen molar-refractivity contribution < 1.29 is 28.8 Å². The van der Waals surface area contributed by atoms with Gasteiger partial charge in [0.15, 0.2) is 0 Å². The van der Waals surface area contributed by atoms with Crippen LogP contribution in [0.25, 0.3) is 0 Å². The molecule has 2 heterocycles. The van der Waals surface area contributed by atoms with Gasteiger partial charge >= 0.3 is 0 Å². The number of ether oxygens (including phenoxy) is 5. The topological polar surface area (TPSA) is 73.0 Å². The monoisotopic (exact) mass is 468 g/mol. The molecule has 192 valence electrons. The number of aliphatic hydroxyl groups excluding tert-OH is 1. The standard InChI is InChI=1S/C27H48O6/c1-4-20(6-5-19(2)28)13-29-16-27(3,17-30-14-21-7-9-23-25(11-21)32-23)18-31-15-22-8-10-24-26(12-22)33-24/h19-26,28H,4-18H2,1-3H3. The molecule has 2 saturated carbocycles. The van der Waals surface area contributed by atoms with E-state index in [2.05, 4.69) is 13.8 Å². The Labute approximate surface area is 201 Å². The second kappa shape index (κ2) is 12.1. The van der Waals surface area contributed by atoms with Gasteiger partial charge in [0.1, 0.15) is 0 Å². The van der Waals surface area contributed by atoms with Gasteiger partial charge in [0.25, 0.3) is 0 Å². The zero-order valence-corrected chi connectivity index (χ0v) is 21.2. The van der Waals surface area contributed by atoms with E-state index in [9.17, 15) is 5.11 Å². The van der Waals surface area contributed by atoms with Crippen molar-refractivity contribution in [2.75, 3.05) is 39.6 Å². The van der Waals surface area contributed by atoms with E-state index >= 15 is 0 Å². The molecule has 33 heavy (non-hydrogen) atoms. The average molecular weight is 469 g/mol. The van der Waals surface area contributed by atoms with Crippen molar-refractivity contribution in [3.8, 4) is 0 Å². The summed E-state index contributed by atoms with van der Waals surface area (Å²) in [5, 5.41) is 9.61. The fourth-order valence-electron chi connectivity index (χ4n) is 5.70. The first-order valence-electron chi connectivity index (χ1n) is 13.7. The summed E-state index contributed by atoms with van der Waals surface area (Å²) < 4.78 is 30.1. The third kappa shape index (κ3) is 8.43. The van der Waals surface area contributed by atoms with Crippen LogP contribution in [0.3, 0.4) is 0 Å². The Morgan fingerprint density at radius 1 is 0.818 bits per heavy atom. The van der Waals surface area contributed by atoms with E-state index in [4.69, 9.17) is 23.7 Å². The maximum atomic E-state index is 9.61. The number of hydrogen-bond acceptors (Lipinski definition) is 6. The Kier molecular flexibility index (Phi) is 9.50. The van der Waals surface area contributed by atoms with Crippen molar-refractivity contribution in [3.63, 3.8) is 0 Å². The minimum atomic E-state index is -0.238. The predicted molar refractivity (Wildman–Crippen MR) is 127 cm³/mol. The molecule has 0 spiro atoms. The number of aliphatic hydroxyl groups is 1. The van der Waals surface area contributed by atoms with Gasteiger partial charge < -0.3 is 28.8 Å². The third-order valence-electron chi connectivity index (χ3n) is 8.21. The largest absolute Gasteiger partial charge is 0.393 e. The number of hydrogen-bond donors (Lipinski definition) is 1. The molecule has 8 unspecified atom stereocenters. The summed E-state index contributed by atoms with van der Waals surface area (Å²) in [6.45, 7) is 10.7. The number of epoxide rings is 2. The molecule has 4 rings (SSSR count). The number of rotatable bonds is 16. The molecule has 8 atom stereocenters. The van der Waals surface area contributed by atoms with Crippen LogP contribution in [0.15, 0.2) is 0 Å². The lowest BCUT2D eigenvalue weighted by Crippen LogP contribution is -2.36. The van der Waals surface area contributed by atoms with Gasteiger partial charge in [-0.05, 0) is 76.0 Å². The first-order valence-corrected chi connectivity index (χ1v) is 13.7. The maximum Gasteiger partial charge on any atom is 0.0845 e. The van der Waals surface area contributed by atoms with Gasteiger partial charge in [-0.3, -0.25) is 0 Å². The molecule has 6 nitrogen and oxygen atoms in total. The summed E-state index contributed by atoms with van der Waals surface area (Å²) in [7, 11) is 0. The van der Waals surface area contributed by atoms with Gasteiger partial charge in [-0.1, -0.05) is 20.3 Å². The minimum Gasteiger partial charge on any atom is -0.393 e. The molecule has 0 bridgehead atoms. The smallest absolute Gasteiger partial charge is 0.0845 e. The molecule has 0 aromatic rings. The van der Waals surface area contributed by atoms with Gasteiger partial charge in [-0.25, -0.2) is 0 Å². The molecule has 0 aromatic carbocycles. The van der Waals surface area contributed by atoms with Crippen LogP contribution in [0.4, 0.5) is 0 Å². The molecular formula is C27H48O6. The zero-order valence-electron chi connectivity index (χ0n) is 21.2. The molecule has 6 heteroatoms. The molecular weight excluding hydrogens is 420 g/mol. The van der Waals surface area contributed by atoms with E-state index in [1.54, 1.807) is 0 Å². The van der Waals surface area contributed by atoms with E-state index in [0.29, 0.717) is 62.0 Å². The Hall–Kier alpha value is -0.240. The first-order chi connectivity index (χ1) is 15.9. The van der Waals surface area contributed by atoms with E-state index in [1.807, 2.05) is 6.92 Å². The third-order valence-corrected chi connectivity index (χ3v) is 8.21. The Morgan fingerprint density at radius 2 is 1.36 bits per heavy atom. The predicted octanol–water partition coefficient (Wildman–Crippen LogP) is 4.36. The van der Waals surface area contributed by atoms with Crippen LogP contribution in [-0.2, 0) is 23.7 Å². The highest BCUT2D eigenvalue weighted by Crippen LogP contribution is 2.40. The second-order valence-corrected chi connectivity index (χ2v) is 11.8. The zero-order chi connectivity index (χ0) is 23.3. The SMILES string of the molecule is CCC(CCC(C)O)COCC(C)(COCC1CCC2OC2C1)COCC1CCC2OC2C1. The van der Waals surface area contributed by atoms with Crippen LogP contribution in [0.5, 0.6) is 0 Å². The lowest BCUT2D eigenvalue weighted by molar-refractivity contribution is -0.0768. The summed E-state index contributed by atoms with van der Waals surface area (Å²) in [6.07, 6.45) is 11.9. The fraction of sp³-hybridized carbons (Fsp3) is 1.00. The lowest BCUT2D eigenvalue weighted by Gasteiger charge is -2.31. The Morgan fingerprint density at radius 3 is 1.85 bits per heavy atom.